The minimum Gasteiger partial charge on any atom is -0.756 e. The molecule has 0 spiro atoms. The molecule has 0 saturated heterocycles. The van der Waals surface area contributed by atoms with E-state index in [2.05, 4.69) is 26.1 Å². The van der Waals surface area contributed by atoms with Crippen LogP contribution in [0.15, 0.2) is 12.2 Å². The second-order valence-corrected chi connectivity index (χ2v) is 22.9. The van der Waals surface area contributed by atoms with E-state index in [0.29, 0.717) is 17.4 Å². The molecule has 3 unspecified atom stereocenters. The molecule has 0 aliphatic heterocycles. The molecular formula is C58H115N2O7P. The Morgan fingerprint density at radius 2 is 0.838 bits per heavy atom. The van der Waals surface area contributed by atoms with Crippen LogP contribution in [0, 0.1) is 0 Å². The van der Waals surface area contributed by atoms with Gasteiger partial charge in [0.15, 0.2) is 0 Å². The number of likely N-dealkylation sites (N-methyl/N-ethyl adjacent to an activating group) is 1. The van der Waals surface area contributed by atoms with Crippen molar-refractivity contribution in [2.24, 2.45) is 0 Å². The van der Waals surface area contributed by atoms with Crippen LogP contribution >= 0.6 is 7.82 Å². The zero-order chi connectivity index (χ0) is 50.1. The predicted octanol–water partition coefficient (Wildman–Crippen LogP) is 17.0. The Kier molecular flexibility index (Phi) is 48.4. The summed E-state index contributed by atoms with van der Waals surface area (Å²) in [5, 5.41) is 3.03. The van der Waals surface area contributed by atoms with E-state index in [4.69, 9.17) is 13.8 Å². The summed E-state index contributed by atoms with van der Waals surface area (Å²) in [6.45, 7) is 6.88. The number of hydrogen-bond donors (Lipinski definition) is 1. The van der Waals surface area contributed by atoms with Crippen LogP contribution in [-0.2, 0) is 27.9 Å². The van der Waals surface area contributed by atoms with Gasteiger partial charge in [-0.1, -0.05) is 264 Å². The van der Waals surface area contributed by atoms with Crippen molar-refractivity contribution >= 4 is 19.7 Å². The Labute approximate surface area is 422 Å². The van der Waals surface area contributed by atoms with Crippen molar-refractivity contribution in [3.05, 3.63) is 12.2 Å². The Hall–Kier alpha value is -1.25. The molecule has 0 aliphatic carbocycles. The van der Waals surface area contributed by atoms with Gasteiger partial charge in [0.05, 0.1) is 33.8 Å². The summed E-state index contributed by atoms with van der Waals surface area (Å²) in [6, 6.07) is -0.878. The fourth-order valence-corrected chi connectivity index (χ4v) is 9.60. The van der Waals surface area contributed by atoms with E-state index in [0.717, 1.165) is 57.8 Å². The van der Waals surface area contributed by atoms with Crippen molar-refractivity contribution in [3.63, 3.8) is 0 Å². The van der Waals surface area contributed by atoms with E-state index in [-0.39, 0.29) is 31.5 Å². The molecule has 0 saturated carbocycles. The summed E-state index contributed by atoms with van der Waals surface area (Å²) in [7, 11) is 1.20. The molecule has 10 heteroatoms. The summed E-state index contributed by atoms with van der Waals surface area (Å²) < 4.78 is 30.3. The maximum atomic E-state index is 13.5. The number of esters is 1. The number of hydrogen-bond acceptors (Lipinski definition) is 7. The summed E-state index contributed by atoms with van der Waals surface area (Å²) in [5.41, 5.74) is 0. The highest BCUT2D eigenvalue weighted by Crippen LogP contribution is 2.38. The van der Waals surface area contributed by atoms with Crippen LogP contribution in [0.2, 0.25) is 0 Å². The third-order valence-corrected chi connectivity index (χ3v) is 14.4. The quantitative estimate of drug-likeness (QED) is 0.0212. The van der Waals surface area contributed by atoms with Crippen LogP contribution in [-0.4, -0.2) is 69.4 Å². The number of quaternary nitrogens is 1. The van der Waals surface area contributed by atoms with E-state index < -0.39 is 20.0 Å². The van der Waals surface area contributed by atoms with Gasteiger partial charge in [0.25, 0.3) is 7.82 Å². The van der Waals surface area contributed by atoms with E-state index in [1.165, 1.54) is 205 Å². The first kappa shape index (κ1) is 66.8. The van der Waals surface area contributed by atoms with Gasteiger partial charge in [0, 0.05) is 12.8 Å². The van der Waals surface area contributed by atoms with E-state index in [9.17, 15) is 19.0 Å². The van der Waals surface area contributed by atoms with Crippen LogP contribution < -0.4 is 10.2 Å². The molecule has 68 heavy (non-hydrogen) atoms. The third-order valence-electron chi connectivity index (χ3n) is 13.5. The van der Waals surface area contributed by atoms with Crippen LogP contribution in [0.1, 0.15) is 297 Å². The molecule has 0 aliphatic rings. The first-order chi connectivity index (χ1) is 32.9. The van der Waals surface area contributed by atoms with Gasteiger partial charge < -0.3 is 28.5 Å². The van der Waals surface area contributed by atoms with Crippen molar-refractivity contribution in [2.45, 2.75) is 309 Å². The molecule has 0 aromatic carbocycles. The minimum atomic E-state index is -4.68. The summed E-state index contributed by atoms with van der Waals surface area (Å²) in [5.74, 6) is -0.522. The van der Waals surface area contributed by atoms with Crippen molar-refractivity contribution in [1.82, 2.24) is 5.32 Å². The van der Waals surface area contributed by atoms with Gasteiger partial charge >= 0.3 is 5.97 Å². The van der Waals surface area contributed by atoms with E-state index in [1.54, 1.807) is 0 Å². The van der Waals surface area contributed by atoms with Gasteiger partial charge in [0.2, 0.25) is 5.91 Å². The lowest BCUT2D eigenvalue weighted by molar-refractivity contribution is -0.870. The maximum absolute atomic E-state index is 13.5. The molecular weight excluding hydrogens is 868 g/mol. The number of nitrogens with zero attached hydrogens (tertiary/aromatic N) is 1. The number of carbonyl (C=O) groups excluding carboxylic acids is 2. The number of phosphoric ester groups is 1. The molecule has 0 aromatic heterocycles. The molecule has 1 N–H and O–H groups in total. The largest absolute Gasteiger partial charge is 0.756 e. The molecule has 0 bridgehead atoms. The van der Waals surface area contributed by atoms with Crippen LogP contribution in [0.4, 0.5) is 0 Å². The van der Waals surface area contributed by atoms with Crippen LogP contribution in [0.3, 0.4) is 0 Å². The Morgan fingerprint density at radius 1 is 0.500 bits per heavy atom. The number of amides is 1. The Balaban J connectivity index is 5.32. The topological polar surface area (TPSA) is 114 Å². The second-order valence-electron chi connectivity index (χ2n) is 21.5. The fourth-order valence-electron chi connectivity index (χ4n) is 8.88. The van der Waals surface area contributed by atoms with Crippen molar-refractivity contribution in [2.75, 3.05) is 40.9 Å². The van der Waals surface area contributed by atoms with E-state index >= 15 is 0 Å². The fraction of sp³-hybridized carbons (Fsp3) is 0.931. The van der Waals surface area contributed by atoms with Gasteiger partial charge in [-0.3, -0.25) is 14.2 Å². The average Bonchev–Trinajstić information content (AvgIpc) is 3.29. The number of ether oxygens (including phenoxy) is 1. The van der Waals surface area contributed by atoms with Crippen molar-refractivity contribution in [1.29, 1.82) is 0 Å². The highest BCUT2D eigenvalue weighted by Gasteiger charge is 2.27. The standard InChI is InChI=1S/C58H115N2O7P/c1-7-10-13-16-19-22-25-28-30-33-36-39-42-45-48-51-58(62)67-56(49-46-43-40-37-34-31-27-24-21-18-15-12-9-3)55(54-66-68(63,64)65-53-52-60(4,5)6)59-57(61)50-47-44-41-38-35-32-29-26-23-20-17-14-11-8-2/h46,49,55-56H,7-45,47-48,50-54H2,1-6H3,(H-,59,61,63,64)/b49-46+. The van der Waals surface area contributed by atoms with Crippen LogP contribution in [0.5, 0.6) is 0 Å². The normalized spacial score (nSPS) is 13.8. The molecule has 0 rings (SSSR count). The number of phosphoric acid groups is 1. The van der Waals surface area contributed by atoms with Gasteiger partial charge in [-0.25, -0.2) is 0 Å². The lowest BCUT2D eigenvalue weighted by atomic mass is 10.0. The summed E-state index contributed by atoms with van der Waals surface area (Å²) >= 11 is 0. The SMILES string of the molecule is CCCCCCCCCCCCC/C=C/C(OC(=O)CCCCCCCCCCCCCCCCC)C(COP(=O)([O-])OCC[N+](C)(C)C)NC(=O)CCCCCCCCCCCCCCCC. The highest BCUT2D eigenvalue weighted by atomic mass is 31.2. The maximum Gasteiger partial charge on any atom is 0.306 e. The summed E-state index contributed by atoms with van der Waals surface area (Å²) in [4.78, 5) is 39.9. The predicted molar refractivity (Wildman–Crippen MR) is 289 cm³/mol. The molecule has 3 atom stereocenters. The monoisotopic (exact) mass is 983 g/mol. The van der Waals surface area contributed by atoms with Crippen LogP contribution in [0.25, 0.3) is 0 Å². The summed E-state index contributed by atoms with van der Waals surface area (Å²) in [6.07, 6.45) is 54.5. The van der Waals surface area contributed by atoms with Gasteiger partial charge in [-0.2, -0.15) is 0 Å². The number of allylic oxidation sites excluding steroid dienone is 1. The molecule has 1 amide bonds. The average molecular weight is 984 g/mol. The molecule has 0 radical (unpaired) electrons. The molecule has 0 heterocycles. The minimum absolute atomic E-state index is 0.0169. The van der Waals surface area contributed by atoms with Gasteiger partial charge in [-0.05, 0) is 31.8 Å². The van der Waals surface area contributed by atoms with E-state index in [1.807, 2.05) is 33.3 Å². The Bertz CT molecular complexity index is 1180. The molecule has 9 nitrogen and oxygen atoms in total. The lowest BCUT2D eigenvalue weighted by Gasteiger charge is -2.30. The van der Waals surface area contributed by atoms with Crippen molar-refractivity contribution in [3.8, 4) is 0 Å². The van der Waals surface area contributed by atoms with Gasteiger partial charge in [0.1, 0.15) is 19.3 Å². The molecule has 0 fully saturated rings. The third kappa shape index (κ3) is 49.7. The zero-order valence-corrected chi connectivity index (χ0v) is 47.0. The molecule has 0 aromatic rings. The highest BCUT2D eigenvalue weighted by molar-refractivity contribution is 7.45. The second kappa shape index (κ2) is 49.3. The number of rotatable bonds is 54. The first-order valence-electron chi connectivity index (χ1n) is 29.5. The number of carbonyl (C=O) groups is 2. The van der Waals surface area contributed by atoms with Crippen molar-refractivity contribution < 1.29 is 37.3 Å². The smallest absolute Gasteiger partial charge is 0.306 e. The zero-order valence-electron chi connectivity index (χ0n) is 46.1. The first-order valence-corrected chi connectivity index (χ1v) is 31.0. The Morgan fingerprint density at radius 3 is 1.21 bits per heavy atom. The lowest BCUT2D eigenvalue weighted by Crippen LogP contribution is -2.47. The number of nitrogens with one attached hydrogen (secondary N) is 1. The molecule has 404 valence electrons. The number of unbranched alkanes of at least 4 members (excludes halogenated alkanes) is 38. The van der Waals surface area contributed by atoms with Gasteiger partial charge in [-0.15, -0.1) is 0 Å².